The number of likely N-dealkylation sites (tertiary alicyclic amines) is 1. The molecule has 0 bridgehead atoms. The van der Waals surface area contributed by atoms with Gasteiger partial charge in [-0.3, -0.25) is 4.79 Å². The lowest BCUT2D eigenvalue weighted by Crippen LogP contribution is -2.55. The Kier molecular flexibility index (Phi) is 9.08. The molecular formula is C33H43FN8O. The van der Waals surface area contributed by atoms with Gasteiger partial charge in [-0.2, -0.15) is 10.2 Å². The van der Waals surface area contributed by atoms with Crippen LogP contribution in [0.15, 0.2) is 36.9 Å². The smallest absolute Gasteiger partial charge is 0.246 e. The van der Waals surface area contributed by atoms with E-state index in [9.17, 15) is 14.4 Å². The number of fused-ring (bicyclic) bond motifs is 2. The van der Waals surface area contributed by atoms with Crippen molar-refractivity contribution >= 4 is 23.4 Å². The number of carbonyl (C=O) groups excluding carboxylic acids is 1. The number of para-hydroxylation sites is 1. The van der Waals surface area contributed by atoms with E-state index in [2.05, 4.69) is 56.9 Å². The SMILES string of the molecule is C=CC(=O)N1CCN(c2nc(NC3CCN(CCF)CC3)nc3c2CCC(N2CCCc4ccccc42)C3)CC1CC#N. The van der Waals surface area contributed by atoms with Crippen LogP contribution in [-0.4, -0.2) is 96.3 Å². The summed E-state index contributed by atoms with van der Waals surface area (Å²) in [5, 5.41) is 13.2. The molecule has 2 fully saturated rings. The van der Waals surface area contributed by atoms with Crippen LogP contribution in [0.4, 0.5) is 21.8 Å². The summed E-state index contributed by atoms with van der Waals surface area (Å²) in [6.45, 7) is 8.38. The van der Waals surface area contributed by atoms with E-state index in [1.165, 1.54) is 22.9 Å². The van der Waals surface area contributed by atoms with Crippen molar-refractivity contribution in [2.75, 3.05) is 67.6 Å². The average molecular weight is 587 g/mol. The number of nitriles is 1. The number of aromatic nitrogens is 2. The van der Waals surface area contributed by atoms with Crippen molar-refractivity contribution in [3.8, 4) is 6.07 Å². The van der Waals surface area contributed by atoms with Gasteiger partial charge in [-0.25, -0.2) is 9.37 Å². The van der Waals surface area contributed by atoms with Crippen LogP contribution in [0.25, 0.3) is 0 Å². The lowest BCUT2D eigenvalue weighted by Gasteiger charge is -2.43. The number of piperazine rings is 1. The molecule has 4 aliphatic rings. The van der Waals surface area contributed by atoms with Gasteiger partial charge in [0.15, 0.2) is 0 Å². The Morgan fingerprint density at radius 1 is 1.12 bits per heavy atom. The fraction of sp³-hybridized carbons (Fsp3) is 0.576. The predicted octanol–water partition coefficient (Wildman–Crippen LogP) is 3.75. The van der Waals surface area contributed by atoms with Crippen LogP contribution in [0.3, 0.4) is 0 Å². The van der Waals surface area contributed by atoms with Crippen LogP contribution in [0.1, 0.15) is 48.9 Å². The van der Waals surface area contributed by atoms with Crippen molar-refractivity contribution < 1.29 is 9.18 Å². The zero-order valence-corrected chi connectivity index (χ0v) is 25.1. The van der Waals surface area contributed by atoms with E-state index in [4.69, 9.17) is 9.97 Å². The fourth-order valence-corrected chi connectivity index (χ4v) is 7.45. The maximum atomic E-state index is 12.9. The lowest BCUT2D eigenvalue weighted by molar-refractivity contribution is -0.128. The minimum atomic E-state index is -0.309. The highest BCUT2D eigenvalue weighted by Gasteiger charge is 2.35. The van der Waals surface area contributed by atoms with Crippen molar-refractivity contribution in [3.05, 3.63) is 53.7 Å². The standard InChI is InChI=1S/C33H43FN8O/c1-2-31(43)42-21-20-40(23-27(42)11-15-35)32-28-10-9-26(41-16-5-7-24-6-3-4-8-30(24)41)22-29(28)37-33(38-32)36-25-12-17-39(18-13-25)19-14-34/h2-4,6,8,25-27H,1,5,7,9-14,16-23H2,(H,36,37,38). The van der Waals surface area contributed by atoms with E-state index in [1.807, 2.05) is 0 Å². The molecule has 2 aromatic rings. The first-order chi connectivity index (χ1) is 21.1. The van der Waals surface area contributed by atoms with Gasteiger partial charge in [0.2, 0.25) is 11.9 Å². The first-order valence-corrected chi connectivity index (χ1v) is 15.9. The summed E-state index contributed by atoms with van der Waals surface area (Å²) in [5.41, 5.74) is 5.09. The van der Waals surface area contributed by atoms with Crippen LogP contribution in [0.5, 0.6) is 0 Å². The molecule has 10 heteroatoms. The molecule has 3 aliphatic heterocycles. The van der Waals surface area contributed by atoms with E-state index in [-0.39, 0.29) is 31.1 Å². The van der Waals surface area contributed by atoms with Gasteiger partial charge >= 0.3 is 0 Å². The number of nitrogens with zero attached hydrogens (tertiary/aromatic N) is 7. The number of aryl methyl sites for hydroxylation is 1. The molecule has 1 aliphatic carbocycles. The summed E-state index contributed by atoms with van der Waals surface area (Å²) in [4.78, 5) is 31.6. The Hall–Kier alpha value is -3.71. The fourth-order valence-electron chi connectivity index (χ4n) is 7.45. The predicted molar refractivity (Wildman–Crippen MR) is 167 cm³/mol. The van der Waals surface area contributed by atoms with Crippen molar-refractivity contribution in [1.29, 1.82) is 5.26 Å². The van der Waals surface area contributed by atoms with Crippen molar-refractivity contribution in [2.24, 2.45) is 0 Å². The first kappa shape index (κ1) is 29.4. The molecule has 0 saturated carbocycles. The highest BCUT2D eigenvalue weighted by Crippen LogP contribution is 2.36. The highest BCUT2D eigenvalue weighted by atomic mass is 19.1. The molecule has 0 radical (unpaired) electrons. The van der Waals surface area contributed by atoms with Crippen LogP contribution >= 0.6 is 0 Å². The second-order valence-corrected chi connectivity index (χ2v) is 12.3. The number of benzene rings is 1. The van der Waals surface area contributed by atoms with Gasteiger partial charge in [-0.15, -0.1) is 0 Å². The molecule has 43 heavy (non-hydrogen) atoms. The van der Waals surface area contributed by atoms with Gasteiger partial charge in [0.05, 0.1) is 24.2 Å². The maximum absolute atomic E-state index is 12.9. The number of hydrogen-bond donors (Lipinski definition) is 1. The van der Waals surface area contributed by atoms with E-state index in [1.54, 1.807) is 4.90 Å². The summed E-state index contributed by atoms with van der Waals surface area (Å²) < 4.78 is 12.9. The molecule has 1 amide bonds. The summed E-state index contributed by atoms with van der Waals surface area (Å²) in [6, 6.07) is 11.5. The number of anilines is 3. The third-order valence-corrected chi connectivity index (χ3v) is 9.70. The molecule has 1 aromatic heterocycles. The van der Waals surface area contributed by atoms with Crippen molar-refractivity contribution in [3.63, 3.8) is 0 Å². The topological polar surface area (TPSA) is 91.6 Å². The molecule has 1 aromatic carbocycles. The van der Waals surface area contributed by atoms with Gasteiger partial charge in [-0.1, -0.05) is 24.8 Å². The molecule has 2 saturated heterocycles. The van der Waals surface area contributed by atoms with Crippen LogP contribution < -0.4 is 15.1 Å². The Morgan fingerprint density at radius 2 is 1.95 bits per heavy atom. The van der Waals surface area contributed by atoms with Crippen LogP contribution in [0.2, 0.25) is 0 Å². The second kappa shape index (κ2) is 13.3. The van der Waals surface area contributed by atoms with Gasteiger partial charge < -0.3 is 24.9 Å². The Bertz CT molecular complexity index is 1350. The first-order valence-electron chi connectivity index (χ1n) is 15.9. The van der Waals surface area contributed by atoms with Crippen LogP contribution in [0, 0.1) is 11.3 Å². The minimum absolute atomic E-state index is 0.129. The molecule has 9 nitrogen and oxygen atoms in total. The van der Waals surface area contributed by atoms with Gasteiger partial charge in [-0.05, 0) is 56.2 Å². The number of amides is 1. The Morgan fingerprint density at radius 3 is 2.74 bits per heavy atom. The summed E-state index contributed by atoms with van der Waals surface area (Å²) in [5.74, 6) is 1.46. The van der Waals surface area contributed by atoms with Gasteiger partial charge in [0.25, 0.3) is 0 Å². The van der Waals surface area contributed by atoms with Crippen molar-refractivity contribution in [2.45, 2.75) is 69.5 Å². The quantitative estimate of drug-likeness (QED) is 0.468. The summed E-state index contributed by atoms with van der Waals surface area (Å²) in [7, 11) is 0. The third kappa shape index (κ3) is 6.32. The zero-order chi connectivity index (χ0) is 29.8. The maximum Gasteiger partial charge on any atom is 0.246 e. The van der Waals surface area contributed by atoms with E-state index < -0.39 is 0 Å². The third-order valence-electron chi connectivity index (χ3n) is 9.70. The van der Waals surface area contributed by atoms with Gasteiger partial charge in [0.1, 0.15) is 12.5 Å². The Labute approximate surface area is 254 Å². The van der Waals surface area contributed by atoms with Crippen LogP contribution in [-0.2, 0) is 24.1 Å². The molecule has 2 unspecified atom stereocenters. The molecule has 2 atom stereocenters. The Balaban J connectivity index is 1.28. The average Bonchev–Trinajstić information content (AvgIpc) is 3.04. The molecule has 4 heterocycles. The van der Waals surface area contributed by atoms with E-state index in [0.717, 1.165) is 76.1 Å². The number of nitrogens with one attached hydrogen (secondary N) is 1. The summed E-state index contributed by atoms with van der Waals surface area (Å²) in [6.07, 6.45) is 8.54. The highest BCUT2D eigenvalue weighted by molar-refractivity contribution is 5.87. The van der Waals surface area contributed by atoms with Gasteiger partial charge in [0, 0.05) is 75.6 Å². The largest absolute Gasteiger partial charge is 0.368 e. The number of carbonyl (C=O) groups is 1. The van der Waals surface area contributed by atoms with Crippen molar-refractivity contribution in [1.82, 2.24) is 19.8 Å². The normalized spacial score (nSPS) is 22.8. The zero-order valence-electron chi connectivity index (χ0n) is 25.1. The molecular weight excluding hydrogens is 543 g/mol. The van der Waals surface area contributed by atoms with E-state index in [0.29, 0.717) is 38.2 Å². The van der Waals surface area contributed by atoms with E-state index >= 15 is 0 Å². The summed E-state index contributed by atoms with van der Waals surface area (Å²) >= 11 is 0. The number of piperidine rings is 1. The number of alkyl halides is 1. The minimum Gasteiger partial charge on any atom is -0.368 e. The molecule has 0 spiro atoms. The number of halogens is 1. The molecule has 6 rings (SSSR count). The monoisotopic (exact) mass is 586 g/mol. The molecule has 1 N–H and O–H groups in total. The number of rotatable bonds is 8. The number of hydrogen-bond acceptors (Lipinski definition) is 8. The lowest BCUT2D eigenvalue weighted by atomic mass is 9.88. The second-order valence-electron chi connectivity index (χ2n) is 12.3. The molecule has 228 valence electrons.